The van der Waals surface area contributed by atoms with Crippen LogP contribution in [0.3, 0.4) is 0 Å². The van der Waals surface area contributed by atoms with Crippen molar-refractivity contribution in [3.05, 3.63) is 72.6 Å². The van der Waals surface area contributed by atoms with Gasteiger partial charge in [0.1, 0.15) is 5.69 Å². The molecule has 2 aromatic carbocycles. The Morgan fingerprint density at radius 3 is 2.24 bits per heavy atom. The Balaban J connectivity index is 1.55. The van der Waals surface area contributed by atoms with Crippen LogP contribution in [0.1, 0.15) is 18.7 Å². The van der Waals surface area contributed by atoms with Gasteiger partial charge in [-0.25, -0.2) is 4.68 Å². The molecule has 8 nitrogen and oxygen atoms in total. The van der Waals surface area contributed by atoms with Gasteiger partial charge in [-0.3, -0.25) is 0 Å². The highest BCUT2D eigenvalue weighted by Crippen LogP contribution is 2.18. The maximum atomic E-state index is 4.25. The number of nitrogens with one attached hydrogen (secondary N) is 1. The van der Waals surface area contributed by atoms with Crippen LogP contribution in [-0.2, 0) is 0 Å². The van der Waals surface area contributed by atoms with Gasteiger partial charge in [0, 0.05) is 0 Å². The van der Waals surface area contributed by atoms with Crippen LogP contribution in [0.15, 0.2) is 66.9 Å². The number of benzene rings is 2. The van der Waals surface area contributed by atoms with Crippen molar-refractivity contribution < 1.29 is 0 Å². The minimum Gasteiger partial charge on any atom is -0.345 e. The topological polar surface area (TPSA) is 86.3 Å². The Bertz CT molecular complexity index is 945. The molecule has 0 saturated carbocycles. The van der Waals surface area contributed by atoms with Gasteiger partial charge in [0.2, 0.25) is 5.95 Å². The lowest BCUT2D eigenvalue weighted by molar-refractivity contribution is 0.763. The monoisotopic (exact) mass is 332 g/mol. The predicted octanol–water partition coefficient (Wildman–Crippen LogP) is 2.42. The summed E-state index contributed by atoms with van der Waals surface area (Å²) in [7, 11) is 0. The van der Waals surface area contributed by atoms with Crippen LogP contribution in [0, 0.1) is 0 Å². The van der Waals surface area contributed by atoms with E-state index in [2.05, 4.69) is 31.2 Å². The van der Waals surface area contributed by atoms with E-state index in [1.165, 1.54) is 0 Å². The molecule has 0 aliphatic rings. The maximum Gasteiger partial charge on any atom is 0.248 e. The van der Waals surface area contributed by atoms with Gasteiger partial charge < -0.3 is 5.32 Å². The van der Waals surface area contributed by atoms with E-state index < -0.39 is 0 Å². The largest absolute Gasteiger partial charge is 0.345 e. The van der Waals surface area contributed by atoms with Crippen LogP contribution in [0.25, 0.3) is 11.4 Å². The van der Waals surface area contributed by atoms with Crippen molar-refractivity contribution in [2.45, 2.75) is 13.0 Å². The number of hydrogen-bond donors (Lipinski definition) is 1. The van der Waals surface area contributed by atoms with E-state index in [1.54, 1.807) is 9.36 Å². The molecule has 0 saturated heterocycles. The Hall–Kier alpha value is -3.55. The van der Waals surface area contributed by atoms with Crippen LogP contribution in [0.4, 0.5) is 5.95 Å². The average molecular weight is 332 g/mol. The van der Waals surface area contributed by atoms with Crippen LogP contribution in [0.5, 0.6) is 0 Å². The fraction of sp³-hybridized carbons (Fsp3) is 0.118. The molecule has 4 aromatic rings. The van der Waals surface area contributed by atoms with Crippen molar-refractivity contribution in [2.75, 3.05) is 5.32 Å². The second kappa shape index (κ2) is 6.52. The van der Waals surface area contributed by atoms with Crippen molar-refractivity contribution in [3.8, 4) is 11.4 Å². The highest BCUT2D eigenvalue weighted by molar-refractivity contribution is 5.39. The van der Waals surface area contributed by atoms with E-state index in [9.17, 15) is 0 Å². The summed E-state index contributed by atoms with van der Waals surface area (Å²) < 4.78 is 3.39. The van der Waals surface area contributed by atoms with Gasteiger partial charge in [0.05, 0.1) is 23.6 Å². The molecule has 1 unspecified atom stereocenters. The summed E-state index contributed by atoms with van der Waals surface area (Å²) in [6.45, 7) is 1.99. The second-order valence-electron chi connectivity index (χ2n) is 5.54. The number of rotatable bonds is 5. The molecule has 25 heavy (non-hydrogen) atoms. The molecule has 8 heteroatoms. The lowest BCUT2D eigenvalue weighted by Crippen LogP contribution is -2.12. The first-order chi connectivity index (χ1) is 12.3. The Labute approximate surface area is 144 Å². The SMILES string of the molecule is CC(Nc1nnnn1-c1ccccc1)c1cn(-c2ccccc2)nn1. The normalized spacial score (nSPS) is 12.0. The first-order valence-electron chi connectivity index (χ1n) is 7.89. The maximum absolute atomic E-state index is 4.25. The number of aromatic nitrogens is 7. The summed E-state index contributed by atoms with van der Waals surface area (Å²) in [6, 6.07) is 19.5. The molecule has 4 rings (SSSR count). The molecule has 1 atom stereocenters. The summed E-state index contributed by atoms with van der Waals surface area (Å²) >= 11 is 0. The molecule has 0 spiro atoms. The van der Waals surface area contributed by atoms with Crippen molar-refractivity contribution in [1.82, 2.24) is 35.2 Å². The molecule has 2 heterocycles. The molecular formula is C17H16N8. The van der Waals surface area contributed by atoms with Crippen molar-refractivity contribution >= 4 is 5.95 Å². The van der Waals surface area contributed by atoms with Crippen molar-refractivity contribution in [3.63, 3.8) is 0 Å². The van der Waals surface area contributed by atoms with E-state index >= 15 is 0 Å². The molecule has 0 aliphatic carbocycles. The smallest absolute Gasteiger partial charge is 0.248 e. The van der Waals surface area contributed by atoms with Crippen molar-refractivity contribution in [2.24, 2.45) is 0 Å². The summed E-state index contributed by atoms with van der Waals surface area (Å²) in [5.41, 5.74) is 2.64. The summed E-state index contributed by atoms with van der Waals surface area (Å²) in [5, 5.41) is 23.6. The highest BCUT2D eigenvalue weighted by atomic mass is 15.6. The Morgan fingerprint density at radius 1 is 0.840 bits per heavy atom. The zero-order valence-corrected chi connectivity index (χ0v) is 13.6. The van der Waals surface area contributed by atoms with Gasteiger partial charge in [0.15, 0.2) is 0 Å². The molecule has 0 fully saturated rings. The predicted molar refractivity (Wildman–Crippen MR) is 92.6 cm³/mol. The molecular weight excluding hydrogens is 316 g/mol. The van der Waals surface area contributed by atoms with Gasteiger partial charge in [-0.1, -0.05) is 46.7 Å². The van der Waals surface area contributed by atoms with E-state index in [1.807, 2.05) is 73.8 Å². The Morgan fingerprint density at radius 2 is 1.52 bits per heavy atom. The van der Waals surface area contributed by atoms with Crippen molar-refractivity contribution in [1.29, 1.82) is 0 Å². The number of hydrogen-bond acceptors (Lipinski definition) is 6. The van der Waals surface area contributed by atoms with Gasteiger partial charge in [0.25, 0.3) is 0 Å². The zero-order chi connectivity index (χ0) is 17.1. The minimum absolute atomic E-state index is 0.106. The molecule has 0 aliphatic heterocycles. The fourth-order valence-corrected chi connectivity index (χ4v) is 2.47. The standard InChI is InChI=1S/C17H16N8/c1-13(16-12-24(22-19-16)14-8-4-2-5-9-14)18-17-20-21-23-25(17)15-10-6-3-7-11-15/h2-13H,1H3,(H,18,20,23). The van der Waals surface area contributed by atoms with Gasteiger partial charge >= 0.3 is 0 Å². The lowest BCUT2D eigenvalue weighted by atomic mass is 10.2. The third kappa shape index (κ3) is 3.09. The van der Waals surface area contributed by atoms with Crippen LogP contribution < -0.4 is 5.32 Å². The molecule has 2 aromatic heterocycles. The highest BCUT2D eigenvalue weighted by Gasteiger charge is 2.15. The molecule has 0 amide bonds. The first-order valence-corrected chi connectivity index (χ1v) is 7.89. The third-order valence-electron chi connectivity index (χ3n) is 3.79. The van der Waals surface area contributed by atoms with Gasteiger partial charge in [-0.15, -0.1) is 5.10 Å². The molecule has 0 radical (unpaired) electrons. The van der Waals surface area contributed by atoms with E-state index in [0.717, 1.165) is 17.1 Å². The third-order valence-corrected chi connectivity index (χ3v) is 3.79. The average Bonchev–Trinajstić information content (AvgIpc) is 3.33. The summed E-state index contributed by atoms with van der Waals surface area (Å²) in [5.74, 6) is 0.549. The number of para-hydroxylation sites is 2. The number of anilines is 1. The van der Waals surface area contributed by atoms with E-state index in [-0.39, 0.29) is 6.04 Å². The lowest BCUT2D eigenvalue weighted by Gasteiger charge is -2.11. The van der Waals surface area contributed by atoms with Gasteiger partial charge in [-0.2, -0.15) is 4.68 Å². The molecule has 1 N–H and O–H groups in total. The van der Waals surface area contributed by atoms with E-state index in [4.69, 9.17) is 0 Å². The zero-order valence-electron chi connectivity index (χ0n) is 13.6. The van der Waals surface area contributed by atoms with E-state index in [0.29, 0.717) is 5.95 Å². The minimum atomic E-state index is -0.106. The number of nitrogens with zero attached hydrogens (tertiary/aromatic N) is 7. The van der Waals surface area contributed by atoms with Gasteiger partial charge in [-0.05, 0) is 41.6 Å². The van der Waals surface area contributed by atoms with Crippen LogP contribution in [-0.4, -0.2) is 35.2 Å². The summed E-state index contributed by atoms with van der Waals surface area (Å²) in [4.78, 5) is 0. The first kappa shape index (κ1) is 15.0. The number of tetrazole rings is 1. The quantitative estimate of drug-likeness (QED) is 0.604. The Kier molecular flexibility index (Phi) is 3.91. The fourth-order valence-electron chi connectivity index (χ4n) is 2.47. The summed E-state index contributed by atoms with van der Waals surface area (Å²) in [6.07, 6.45) is 1.89. The molecule has 0 bridgehead atoms. The second-order valence-corrected chi connectivity index (χ2v) is 5.54. The van der Waals surface area contributed by atoms with Crippen LogP contribution in [0.2, 0.25) is 0 Å². The van der Waals surface area contributed by atoms with Crippen LogP contribution >= 0.6 is 0 Å². The molecule has 124 valence electrons.